The molecule has 1 amide bonds. The number of halogens is 4. The molecule has 0 spiro atoms. The van der Waals surface area contributed by atoms with Gasteiger partial charge in [0.25, 0.3) is 0 Å². The van der Waals surface area contributed by atoms with Gasteiger partial charge in [-0.3, -0.25) is 4.90 Å². The number of benzene rings is 1. The largest absolute Gasteiger partial charge is 0.439 e. The standard InChI is InChI=1S/C19H21BrF3NO2/c1-11-7-14(9-15(8-11)19(21,22)23)17-12(2)24(18(25)26-17)10-13-5-3-4-6-16(13)20/h7-9,12,17H,3-6,10H2,1-2H3/t12-,17-/m0/s1. The molecular weight excluding hydrogens is 411 g/mol. The molecule has 0 N–H and O–H groups in total. The van der Waals surface area contributed by atoms with Gasteiger partial charge in [0.1, 0.15) is 6.10 Å². The predicted molar refractivity (Wildman–Crippen MR) is 96.0 cm³/mol. The van der Waals surface area contributed by atoms with Crippen molar-refractivity contribution >= 4 is 22.0 Å². The number of carbonyl (C=O) groups is 1. The zero-order valence-electron chi connectivity index (χ0n) is 14.7. The number of ether oxygens (including phenoxy) is 1. The van der Waals surface area contributed by atoms with Crippen molar-refractivity contribution in [3.8, 4) is 0 Å². The fourth-order valence-electron chi connectivity index (χ4n) is 3.60. The molecule has 1 aromatic carbocycles. The van der Waals surface area contributed by atoms with Gasteiger partial charge in [0.15, 0.2) is 0 Å². The van der Waals surface area contributed by atoms with Gasteiger partial charge in [0.05, 0.1) is 11.6 Å². The molecule has 3 rings (SSSR count). The summed E-state index contributed by atoms with van der Waals surface area (Å²) < 4.78 is 45.9. The molecule has 0 bridgehead atoms. The Kier molecular flexibility index (Phi) is 5.37. The van der Waals surface area contributed by atoms with E-state index in [-0.39, 0.29) is 6.04 Å². The van der Waals surface area contributed by atoms with Gasteiger partial charge in [-0.05, 0) is 67.3 Å². The van der Waals surface area contributed by atoms with Gasteiger partial charge in [0.2, 0.25) is 0 Å². The van der Waals surface area contributed by atoms with E-state index in [2.05, 4.69) is 15.9 Å². The first-order valence-corrected chi connectivity index (χ1v) is 9.48. The van der Waals surface area contributed by atoms with Crippen LogP contribution in [0.15, 0.2) is 28.3 Å². The Bertz CT molecular complexity index is 745. The predicted octanol–water partition coefficient (Wildman–Crippen LogP) is 6.12. The van der Waals surface area contributed by atoms with E-state index in [1.54, 1.807) is 17.9 Å². The monoisotopic (exact) mass is 431 g/mol. The van der Waals surface area contributed by atoms with Crippen molar-refractivity contribution in [1.29, 1.82) is 0 Å². The molecule has 0 unspecified atom stereocenters. The molecule has 1 aromatic rings. The summed E-state index contributed by atoms with van der Waals surface area (Å²) in [6.07, 6.45) is -1.52. The molecule has 1 aliphatic carbocycles. The van der Waals surface area contributed by atoms with Crippen LogP contribution in [0, 0.1) is 6.92 Å². The topological polar surface area (TPSA) is 29.5 Å². The lowest BCUT2D eigenvalue weighted by molar-refractivity contribution is -0.137. The second-order valence-electron chi connectivity index (χ2n) is 7.02. The van der Waals surface area contributed by atoms with Crippen molar-refractivity contribution in [3.05, 3.63) is 44.9 Å². The molecule has 7 heteroatoms. The summed E-state index contributed by atoms with van der Waals surface area (Å²) >= 11 is 3.58. The van der Waals surface area contributed by atoms with Crippen LogP contribution in [0.25, 0.3) is 0 Å². The Morgan fingerprint density at radius 2 is 1.92 bits per heavy atom. The first-order valence-electron chi connectivity index (χ1n) is 8.69. The second kappa shape index (κ2) is 7.25. The highest BCUT2D eigenvalue weighted by Crippen LogP contribution is 2.38. The van der Waals surface area contributed by atoms with Crippen LogP contribution in [0.3, 0.4) is 0 Å². The molecule has 2 atom stereocenters. The van der Waals surface area contributed by atoms with Crippen molar-refractivity contribution in [2.75, 3.05) is 6.54 Å². The summed E-state index contributed by atoms with van der Waals surface area (Å²) in [7, 11) is 0. The third-order valence-corrected chi connectivity index (χ3v) is 5.97. The Morgan fingerprint density at radius 1 is 1.23 bits per heavy atom. The molecule has 2 aliphatic rings. The first kappa shape index (κ1) is 19.3. The van der Waals surface area contributed by atoms with Crippen LogP contribution in [-0.2, 0) is 10.9 Å². The number of cyclic esters (lactones) is 1. The summed E-state index contributed by atoms with van der Waals surface area (Å²) in [6, 6.07) is 3.51. The van der Waals surface area contributed by atoms with Crippen molar-refractivity contribution in [3.63, 3.8) is 0 Å². The maximum atomic E-state index is 13.1. The molecule has 1 saturated heterocycles. The maximum Gasteiger partial charge on any atom is 0.416 e. The summed E-state index contributed by atoms with van der Waals surface area (Å²) in [4.78, 5) is 14.0. The van der Waals surface area contributed by atoms with Crippen molar-refractivity contribution < 1.29 is 22.7 Å². The Hall–Kier alpha value is -1.50. The van der Waals surface area contributed by atoms with E-state index < -0.39 is 23.9 Å². The summed E-state index contributed by atoms with van der Waals surface area (Å²) in [5.74, 6) is 0. The van der Waals surface area contributed by atoms with E-state index in [9.17, 15) is 18.0 Å². The van der Waals surface area contributed by atoms with Crippen LogP contribution in [0.1, 0.15) is 55.4 Å². The van der Waals surface area contributed by atoms with Crippen LogP contribution in [0.2, 0.25) is 0 Å². The van der Waals surface area contributed by atoms with Gasteiger partial charge >= 0.3 is 12.3 Å². The highest BCUT2D eigenvalue weighted by Gasteiger charge is 2.41. The number of aryl methyl sites for hydroxylation is 1. The van der Waals surface area contributed by atoms with Gasteiger partial charge < -0.3 is 4.74 Å². The number of allylic oxidation sites excluding steroid dienone is 1. The van der Waals surface area contributed by atoms with Crippen LogP contribution in [0.5, 0.6) is 0 Å². The lowest BCUT2D eigenvalue weighted by Crippen LogP contribution is -2.34. The van der Waals surface area contributed by atoms with E-state index >= 15 is 0 Å². The smallest absolute Gasteiger partial charge is 0.416 e. The highest BCUT2D eigenvalue weighted by molar-refractivity contribution is 9.11. The lowest BCUT2D eigenvalue weighted by atomic mass is 9.96. The molecule has 0 radical (unpaired) electrons. The van der Waals surface area contributed by atoms with Crippen LogP contribution in [0.4, 0.5) is 18.0 Å². The summed E-state index contributed by atoms with van der Waals surface area (Å²) in [5, 5.41) is 0. The molecular formula is C19H21BrF3NO2. The maximum absolute atomic E-state index is 13.1. The zero-order valence-corrected chi connectivity index (χ0v) is 16.3. The molecule has 1 fully saturated rings. The van der Waals surface area contributed by atoms with Crippen LogP contribution >= 0.6 is 15.9 Å². The van der Waals surface area contributed by atoms with E-state index in [1.165, 1.54) is 5.57 Å². The molecule has 26 heavy (non-hydrogen) atoms. The number of amides is 1. The Morgan fingerprint density at radius 3 is 2.58 bits per heavy atom. The first-order chi connectivity index (χ1) is 12.2. The minimum Gasteiger partial charge on any atom is -0.439 e. The zero-order chi connectivity index (χ0) is 19.1. The van der Waals surface area contributed by atoms with Gasteiger partial charge in [-0.25, -0.2) is 4.79 Å². The number of nitrogens with zero attached hydrogens (tertiary/aromatic N) is 1. The van der Waals surface area contributed by atoms with Gasteiger partial charge in [0, 0.05) is 6.54 Å². The van der Waals surface area contributed by atoms with Crippen LogP contribution in [-0.4, -0.2) is 23.6 Å². The second-order valence-corrected chi connectivity index (χ2v) is 7.98. The lowest BCUT2D eigenvalue weighted by Gasteiger charge is -2.25. The van der Waals surface area contributed by atoms with Gasteiger partial charge in [-0.2, -0.15) is 13.2 Å². The average molecular weight is 432 g/mol. The minimum atomic E-state index is -4.43. The number of hydrogen-bond donors (Lipinski definition) is 0. The third-order valence-electron chi connectivity index (χ3n) is 5.02. The fourth-order valence-corrected chi connectivity index (χ4v) is 4.21. The van der Waals surface area contributed by atoms with E-state index in [4.69, 9.17) is 4.74 Å². The summed E-state index contributed by atoms with van der Waals surface area (Å²) in [5.41, 5.74) is 1.33. The van der Waals surface area contributed by atoms with Crippen LogP contribution < -0.4 is 0 Å². The highest BCUT2D eigenvalue weighted by atomic mass is 79.9. The quantitative estimate of drug-likeness (QED) is 0.576. The van der Waals surface area contributed by atoms with Gasteiger partial charge in [-0.15, -0.1) is 0 Å². The molecule has 1 heterocycles. The molecule has 3 nitrogen and oxygen atoms in total. The number of alkyl halides is 3. The van der Waals surface area contributed by atoms with Crippen molar-refractivity contribution in [2.24, 2.45) is 0 Å². The molecule has 1 aliphatic heterocycles. The number of rotatable bonds is 3. The van der Waals surface area contributed by atoms with Crippen molar-refractivity contribution in [2.45, 2.75) is 57.9 Å². The number of hydrogen-bond acceptors (Lipinski definition) is 2. The summed E-state index contributed by atoms with van der Waals surface area (Å²) in [6.45, 7) is 3.89. The SMILES string of the molecule is Cc1cc([C@H]2OC(=O)N(CC3=C(Br)CCCC3)[C@H]2C)cc(C(F)(F)F)c1. The third kappa shape index (κ3) is 3.92. The number of carbonyl (C=O) groups excluding carboxylic acids is 1. The van der Waals surface area contributed by atoms with Gasteiger partial charge in [-0.1, -0.05) is 27.6 Å². The molecule has 0 aromatic heterocycles. The van der Waals surface area contributed by atoms with E-state index in [0.717, 1.165) is 42.3 Å². The van der Waals surface area contributed by atoms with Crippen molar-refractivity contribution in [1.82, 2.24) is 4.90 Å². The minimum absolute atomic E-state index is 0.333. The molecule has 0 saturated carbocycles. The van der Waals surface area contributed by atoms with E-state index in [1.807, 2.05) is 6.92 Å². The molecule has 142 valence electrons. The normalized spacial score (nSPS) is 24.2. The average Bonchev–Trinajstić information content (AvgIpc) is 2.83. The van der Waals surface area contributed by atoms with E-state index in [0.29, 0.717) is 17.7 Å². The Labute approximate surface area is 159 Å². The fraction of sp³-hybridized carbons (Fsp3) is 0.526. The Balaban J connectivity index is 1.85.